The first kappa shape index (κ1) is 28.5. The van der Waals surface area contributed by atoms with Gasteiger partial charge in [-0.15, -0.1) is 5.10 Å². The zero-order valence-electron chi connectivity index (χ0n) is 20.1. The largest absolute Gasteiger partial charge is 0.390 e. The van der Waals surface area contributed by atoms with Crippen LogP contribution in [-0.4, -0.2) is 64.2 Å². The highest BCUT2D eigenvalue weighted by Crippen LogP contribution is 2.56. The molecule has 1 aromatic carbocycles. The quantitative estimate of drug-likeness (QED) is 0.206. The molecule has 17 heteroatoms. The monoisotopic (exact) mass is 608 g/mol. The van der Waals surface area contributed by atoms with E-state index in [-0.39, 0.29) is 17.5 Å². The Kier molecular flexibility index (Phi) is 7.64. The molecule has 6 atom stereocenters. The average molecular weight is 609 g/mol. The van der Waals surface area contributed by atoms with Gasteiger partial charge in [0.1, 0.15) is 17.2 Å². The molecular formula is C22H25ClF2N4O8P2. The van der Waals surface area contributed by atoms with Gasteiger partial charge < -0.3 is 34.7 Å². The standard InChI is InChI=1S/C22H25ClF2N4O8P2/c23-22-27-21(26-15-2-1-10-5-12(24)7-14(25)18(10)15)17-4-3-16(29(17)28-22)13-6-11(19(30)20(13)31)8-37-39(35,36)9-38(32,33)34/h3-5,7,11,13,15,19-20,30-31H,1-2,6,8-9H2,(H,35,36)(H,26,27,28)(H2,32,33,34)/t11-,13+,15+,19-,20+/m1/s1. The molecule has 0 spiro atoms. The average Bonchev–Trinajstić information content (AvgIpc) is 3.48. The molecule has 212 valence electrons. The van der Waals surface area contributed by atoms with Crippen LogP contribution < -0.4 is 5.32 Å². The lowest BCUT2D eigenvalue weighted by Gasteiger charge is -2.19. The van der Waals surface area contributed by atoms with Gasteiger partial charge in [-0.25, -0.2) is 13.3 Å². The number of nitrogens with one attached hydrogen (secondary N) is 1. The smallest absolute Gasteiger partial charge is 0.340 e. The Morgan fingerprint density at radius 3 is 2.62 bits per heavy atom. The summed E-state index contributed by atoms with van der Waals surface area (Å²) in [6, 6.07) is 4.91. The maximum absolute atomic E-state index is 14.6. The minimum Gasteiger partial charge on any atom is -0.390 e. The summed E-state index contributed by atoms with van der Waals surface area (Å²) in [7, 11) is -9.47. The van der Waals surface area contributed by atoms with Gasteiger partial charge in [0, 0.05) is 29.2 Å². The first-order chi connectivity index (χ1) is 18.2. The third-order valence-corrected chi connectivity index (χ3v) is 10.7. The first-order valence-electron chi connectivity index (χ1n) is 11.9. The summed E-state index contributed by atoms with van der Waals surface area (Å²) in [6.45, 7) is -0.526. The van der Waals surface area contributed by atoms with Crippen LogP contribution in [0.4, 0.5) is 14.6 Å². The number of rotatable bonds is 8. The molecule has 0 bridgehead atoms. The van der Waals surface area contributed by atoms with Crippen molar-refractivity contribution in [2.24, 2.45) is 5.92 Å². The summed E-state index contributed by atoms with van der Waals surface area (Å²) in [6.07, 6.45) is -1.66. The van der Waals surface area contributed by atoms with Crippen molar-refractivity contribution in [3.05, 3.63) is 58.0 Å². The van der Waals surface area contributed by atoms with Gasteiger partial charge in [-0.1, -0.05) is 0 Å². The zero-order valence-corrected chi connectivity index (χ0v) is 22.6. The third kappa shape index (κ3) is 5.90. The van der Waals surface area contributed by atoms with E-state index in [2.05, 4.69) is 15.4 Å². The minimum absolute atomic E-state index is 0.0848. The summed E-state index contributed by atoms with van der Waals surface area (Å²) in [5, 5.41) is 28.5. The highest BCUT2D eigenvalue weighted by atomic mass is 35.5. The molecule has 39 heavy (non-hydrogen) atoms. The Morgan fingerprint density at radius 2 is 1.90 bits per heavy atom. The summed E-state index contributed by atoms with van der Waals surface area (Å²) in [5.74, 6) is -3.97. The molecule has 2 aliphatic carbocycles. The highest BCUT2D eigenvalue weighted by molar-refractivity contribution is 7.70. The maximum Gasteiger partial charge on any atom is 0.340 e. The number of hydrogen-bond acceptors (Lipinski definition) is 8. The number of nitrogens with zero attached hydrogens (tertiary/aromatic N) is 3. The molecule has 2 aliphatic rings. The van der Waals surface area contributed by atoms with Crippen LogP contribution in [-0.2, 0) is 20.1 Å². The number of aromatic nitrogens is 3. The van der Waals surface area contributed by atoms with Crippen LogP contribution in [0.2, 0.25) is 5.28 Å². The molecular weight excluding hydrogens is 584 g/mol. The second-order valence-electron chi connectivity index (χ2n) is 9.80. The number of benzene rings is 1. The van der Waals surface area contributed by atoms with Crippen molar-refractivity contribution in [2.45, 2.75) is 43.4 Å². The zero-order chi connectivity index (χ0) is 28.3. The van der Waals surface area contributed by atoms with Crippen molar-refractivity contribution in [3.8, 4) is 0 Å². The SMILES string of the molecule is O=P(O)(O)CP(=O)(O)OC[C@H]1C[C@@H](c2ccc3c(N[C@H]4CCc5cc(F)cc(F)c54)nc(Cl)nn23)[C@H](O)[C@@H]1O. The lowest BCUT2D eigenvalue weighted by atomic mass is 10.0. The van der Waals surface area contributed by atoms with E-state index in [9.17, 15) is 33.0 Å². The van der Waals surface area contributed by atoms with E-state index in [0.29, 0.717) is 35.2 Å². The fourth-order valence-electron chi connectivity index (χ4n) is 5.44. The molecule has 1 fully saturated rings. The van der Waals surface area contributed by atoms with Crippen LogP contribution in [0.3, 0.4) is 0 Å². The predicted molar refractivity (Wildman–Crippen MR) is 135 cm³/mol. The molecule has 2 aromatic heterocycles. The molecule has 0 amide bonds. The van der Waals surface area contributed by atoms with Crippen LogP contribution in [0.15, 0.2) is 24.3 Å². The highest BCUT2D eigenvalue weighted by Gasteiger charge is 2.45. The van der Waals surface area contributed by atoms with Crippen molar-refractivity contribution in [1.29, 1.82) is 0 Å². The van der Waals surface area contributed by atoms with Gasteiger partial charge in [0.25, 0.3) is 0 Å². The number of fused-ring (bicyclic) bond motifs is 2. The van der Waals surface area contributed by atoms with Crippen molar-refractivity contribution in [2.75, 3.05) is 17.8 Å². The normalized spacial score (nSPS) is 26.6. The Bertz CT molecular complexity index is 1520. The van der Waals surface area contributed by atoms with Crippen LogP contribution >= 0.6 is 26.8 Å². The van der Waals surface area contributed by atoms with E-state index >= 15 is 0 Å². The Morgan fingerprint density at radius 1 is 1.15 bits per heavy atom. The Balaban J connectivity index is 1.38. The summed E-state index contributed by atoms with van der Waals surface area (Å²) in [4.78, 5) is 31.9. The molecule has 3 aromatic rings. The third-order valence-electron chi connectivity index (χ3n) is 7.09. The van der Waals surface area contributed by atoms with E-state index in [0.717, 1.165) is 6.07 Å². The van der Waals surface area contributed by atoms with Gasteiger partial charge in [-0.2, -0.15) is 4.98 Å². The van der Waals surface area contributed by atoms with E-state index in [1.807, 2.05) is 0 Å². The topological polar surface area (TPSA) is 187 Å². The molecule has 2 heterocycles. The number of hydrogen-bond donors (Lipinski definition) is 6. The van der Waals surface area contributed by atoms with Crippen LogP contribution in [0, 0.1) is 17.6 Å². The van der Waals surface area contributed by atoms with Crippen LogP contribution in [0.1, 0.15) is 41.6 Å². The van der Waals surface area contributed by atoms with Crippen molar-refractivity contribution in [3.63, 3.8) is 0 Å². The molecule has 6 N–H and O–H groups in total. The summed E-state index contributed by atoms with van der Waals surface area (Å²) in [5.41, 5.74) is 1.78. The molecule has 12 nitrogen and oxygen atoms in total. The fourth-order valence-corrected chi connectivity index (χ4v) is 8.21. The number of aliphatic hydroxyl groups is 2. The van der Waals surface area contributed by atoms with Crippen molar-refractivity contribution < 1.29 is 47.3 Å². The van der Waals surface area contributed by atoms with Gasteiger partial charge >= 0.3 is 15.2 Å². The Hall–Kier alpha value is -1.99. The molecule has 0 aliphatic heterocycles. The molecule has 0 saturated heterocycles. The summed E-state index contributed by atoms with van der Waals surface area (Å²) < 4.78 is 57.6. The van der Waals surface area contributed by atoms with Crippen molar-refractivity contribution >= 4 is 38.1 Å². The Labute approximate surface area is 225 Å². The second kappa shape index (κ2) is 10.4. The molecule has 0 radical (unpaired) electrons. The number of anilines is 1. The molecule has 1 unspecified atom stereocenters. The lowest BCUT2D eigenvalue weighted by molar-refractivity contribution is 0.00366. The number of halogens is 3. The second-order valence-corrected chi connectivity index (χ2v) is 14.1. The summed E-state index contributed by atoms with van der Waals surface area (Å²) >= 11 is 6.18. The molecule has 1 saturated carbocycles. The van der Waals surface area contributed by atoms with E-state index in [4.69, 9.17) is 25.9 Å². The predicted octanol–water partition coefficient (Wildman–Crippen LogP) is 2.92. The van der Waals surface area contributed by atoms with Crippen molar-refractivity contribution in [1.82, 2.24) is 14.6 Å². The van der Waals surface area contributed by atoms with Crippen LogP contribution in [0.25, 0.3) is 5.52 Å². The van der Waals surface area contributed by atoms with E-state index in [1.54, 1.807) is 12.1 Å². The van der Waals surface area contributed by atoms with Crippen LogP contribution in [0.5, 0.6) is 0 Å². The maximum atomic E-state index is 14.6. The lowest BCUT2D eigenvalue weighted by Crippen LogP contribution is -2.29. The van der Waals surface area contributed by atoms with Gasteiger partial charge in [-0.3, -0.25) is 9.13 Å². The van der Waals surface area contributed by atoms with Gasteiger partial charge in [0.15, 0.2) is 11.7 Å². The number of aryl methyl sites for hydroxylation is 1. The number of aliphatic hydroxyl groups excluding tert-OH is 2. The van der Waals surface area contributed by atoms with Gasteiger partial charge in [-0.05, 0) is 54.6 Å². The van der Waals surface area contributed by atoms with E-state index < -0.39 is 69.4 Å². The van der Waals surface area contributed by atoms with Gasteiger partial charge in [0.2, 0.25) is 5.28 Å². The minimum atomic E-state index is -4.82. The molecule has 5 rings (SSSR count). The first-order valence-corrected chi connectivity index (χ1v) is 15.8. The fraction of sp³-hybridized carbons (Fsp3) is 0.455. The van der Waals surface area contributed by atoms with E-state index in [1.165, 1.54) is 10.6 Å². The van der Waals surface area contributed by atoms with Gasteiger partial charge in [0.05, 0.1) is 24.9 Å².